The summed E-state index contributed by atoms with van der Waals surface area (Å²) in [7, 11) is 0. The van der Waals surface area contributed by atoms with E-state index in [0.717, 1.165) is 21.1 Å². The number of carbonyl (C=O) groups excluding carboxylic acids is 1. The number of aromatic carboxylic acids is 1. The summed E-state index contributed by atoms with van der Waals surface area (Å²) >= 11 is 1.50. The maximum atomic E-state index is 12.4. The number of furan rings is 1. The van der Waals surface area contributed by atoms with E-state index >= 15 is 0 Å². The first-order chi connectivity index (χ1) is 12.4. The highest BCUT2D eigenvalue weighted by Crippen LogP contribution is 2.40. The van der Waals surface area contributed by atoms with Crippen LogP contribution in [0.1, 0.15) is 30.0 Å². The molecule has 1 aromatic heterocycles. The van der Waals surface area contributed by atoms with E-state index in [-0.39, 0.29) is 23.2 Å². The van der Waals surface area contributed by atoms with Gasteiger partial charge in [0.1, 0.15) is 11.7 Å². The lowest BCUT2D eigenvalue weighted by Gasteiger charge is -2.13. The van der Waals surface area contributed by atoms with Crippen molar-refractivity contribution in [3.63, 3.8) is 0 Å². The average Bonchev–Trinajstić information content (AvgIpc) is 3.21. The molecule has 0 fully saturated rings. The van der Waals surface area contributed by atoms with Crippen LogP contribution in [0.2, 0.25) is 0 Å². The van der Waals surface area contributed by atoms with Gasteiger partial charge in [-0.25, -0.2) is 9.79 Å². The fraction of sp³-hybridized carbons (Fsp3) is 0.158. The number of benzene rings is 1. The lowest BCUT2D eigenvalue weighted by molar-refractivity contribution is -0.118. The Kier molecular flexibility index (Phi) is 3.88. The van der Waals surface area contributed by atoms with Crippen LogP contribution in [0, 0.1) is 5.92 Å². The van der Waals surface area contributed by atoms with Gasteiger partial charge in [-0.15, -0.1) is 0 Å². The van der Waals surface area contributed by atoms with E-state index in [2.05, 4.69) is 9.98 Å². The van der Waals surface area contributed by atoms with Gasteiger partial charge in [0.2, 0.25) is 0 Å². The van der Waals surface area contributed by atoms with Crippen molar-refractivity contribution in [3.05, 3.63) is 58.2 Å². The lowest BCUT2D eigenvalue weighted by Crippen LogP contribution is -2.25. The van der Waals surface area contributed by atoms with Crippen LogP contribution in [-0.4, -0.2) is 27.9 Å². The molecule has 0 radical (unpaired) electrons. The molecule has 2 aromatic rings. The normalized spacial score (nSPS) is 19.3. The van der Waals surface area contributed by atoms with Gasteiger partial charge in [0.25, 0.3) is 5.91 Å². The van der Waals surface area contributed by atoms with E-state index in [0.29, 0.717) is 11.5 Å². The number of allylic oxidation sites excluding steroid dienone is 1. The Morgan fingerprint density at radius 3 is 2.46 bits per heavy atom. The lowest BCUT2D eigenvalue weighted by atomic mass is 10.00. The molecule has 0 aliphatic carbocycles. The first kappa shape index (κ1) is 16.5. The Balaban J connectivity index is 1.63. The summed E-state index contributed by atoms with van der Waals surface area (Å²) in [6.45, 7) is 3.90. The van der Waals surface area contributed by atoms with E-state index in [4.69, 9.17) is 9.52 Å². The Morgan fingerprint density at radius 1 is 1.08 bits per heavy atom. The van der Waals surface area contributed by atoms with Crippen molar-refractivity contribution in [1.29, 1.82) is 0 Å². The zero-order chi connectivity index (χ0) is 18.4. The summed E-state index contributed by atoms with van der Waals surface area (Å²) in [5.74, 6) is -0.337. The standard InChI is InChI=1S/C19H14N2O4S/c1-9-10(2)26-18-15(9)17(22)20-16(21-18)14-8-7-13(25-14)11-3-5-12(6-4-11)19(23)24/h3-8,15H,1-2H3,(H,23,24). The van der Waals surface area contributed by atoms with Crippen LogP contribution in [0.25, 0.3) is 11.3 Å². The summed E-state index contributed by atoms with van der Waals surface area (Å²) in [5, 5.41) is 9.70. The average molecular weight is 366 g/mol. The number of amides is 1. The molecule has 2 aliphatic heterocycles. The molecule has 1 amide bonds. The second kappa shape index (κ2) is 6.10. The molecule has 6 nitrogen and oxygen atoms in total. The topological polar surface area (TPSA) is 92.2 Å². The fourth-order valence-corrected chi connectivity index (χ4v) is 3.98. The molecule has 7 heteroatoms. The highest BCUT2D eigenvalue weighted by atomic mass is 32.2. The summed E-state index contributed by atoms with van der Waals surface area (Å²) in [6.07, 6.45) is 0. The molecule has 4 rings (SSSR count). The number of carboxylic acids is 1. The van der Waals surface area contributed by atoms with Gasteiger partial charge in [0, 0.05) is 5.56 Å². The van der Waals surface area contributed by atoms with E-state index < -0.39 is 5.97 Å². The first-order valence-corrected chi connectivity index (χ1v) is 8.76. The monoisotopic (exact) mass is 366 g/mol. The Morgan fingerprint density at radius 2 is 1.77 bits per heavy atom. The summed E-state index contributed by atoms with van der Waals surface area (Å²) < 4.78 is 5.80. The van der Waals surface area contributed by atoms with E-state index in [9.17, 15) is 9.59 Å². The summed E-state index contributed by atoms with van der Waals surface area (Å²) in [4.78, 5) is 33.0. The van der Waals surface area contributed by atoms with Crippen molar-refractivity contribution in [2.75, 3.05) is 0 Å². The number of carbonyl (C=O) groups is 2. The maximum absolute atomic E-state index is 12.4. The molecule has 1 N–H and O–H groups in total. The van der Waals surface area contributed by atoms with E-state index in [1.807, 2.05) is 13.8 Å². The molecule has 130 valence electrons. The number of hydrogen-bond acceptors (Lipinski definition) is 5. The molecule has 0 spiro atoms. The van der Waals surface area contributed by atoms with Gasteiger partial charge >= 0.3 is 5.97 Å². The van der Waals surface area contributed by atoms with Crippen LogP contribution >= 0.6 is 11.8 Å². The van der Waals surface area contributed by atoms with Crippen molar-refractivity contribution < 1.29 is 19.1 Å². The highest BCUT2D eigenvalue weighted by Gasteiger charge is 2.37. The number of nitrogens with zero attached hydrogens (tertiary/aromatic N) is 2. The van der Waals surface area contributed by atoms with Crippen molar-refractivity contribution >= 4 is 34.5 Å². The van der Waals surface area contributed by atoms with Gasteiger partial charge in [-0.1, -0.05) is 23.9 Å². The zero-order valence-corrected chi connectivity index (χ0v) is 14.8. The molecule has 1 aromatic carbocycles. The van der Waals surface area contributed by atoms with Gasteiger partial charge in [0.05, 0.1) is 10.6 Å². The van der Waals surface area contributed by atoms with Gasteiger partial charge in [-0.05, 0) is 48.6 Å². The fourth-order valence-electron chi connectivity index (χ4n) is 2.86. The van der Waals surface area contributed by atoms with Crippen LogP contribution in [0.4, 0.5) is 0 Å². The third-order valence-electron chi connectivity index (χ3n) is 4.41. The van der Waals surface area contributed by atoms with E-state index in [1.54, 1.807) is 24.3 Å². The summed E-state index contributed by atoms with van der Waals surface area (Å²) in [6, 6.07) is 9.83. The predicted molar refractivity (Wildman–Crippen MR) is 99.5 cm³/mol. The number of aliphatic imine (C=N–C) groups is 2. The number of hydrogen-bond donors (Lipinski definition) is 1. The van der Waals surface area contributed by atoms with Crippen LogP contribution in [-0.2, 0) is 4.79 Å². The van der Waals surface area contributed by atoms with Crippen LogP contribution < -0.4 is 0 Å². The largest absolute Gasteiger partial charge is 0.478 e. The third-order valence-corrected chi connectivity index (χ3v) is 5.58. The van der Waals surface area contributed by atoms with Gasteiger partial charge in [0.15, 0.2) is 11.6 Å². The minimum Gasteiger partial charge on any atom is -0.478 e. The molecule has 0 bridgehead atoms. The molecular formula is C19H14N2O4S. The quantitative estimate of drug-likeness (QED) is 0.887. The molecule has 2 aliphatic rings. The van der Waals surface area contributed by atoms with Gasteiger partial charge < -0.3 is 9.52 Å². The Labute approximate surface area is 153 Å². The highest BCUT2D eigenvalue weighted by molar-refractivity contribution is 8.17. The smallest absolute Gasteiger partial charge is 0.335 e. The van der Waals surface area contributed by atoms with Crippen molar-refractivity contribution in [2.24, 2.45) is 15.9 Å². The van der Waals surface area contributed by atoms with Crippen LogP contribution in [0.15, 0.2) is 61.3 Å². The molecule has 3 heterocycles. The third kappa shape index (κ3) is 2.70. The number of carboxylic acid groups (broad SMARTS) is 1. The van der Waals surface area contributed by atoms with Crippen molar-refractivity contribution in [3.8, 4) is 11.3 Å². The minimum absolute atomic E-state index is 0.205. The number of fused-ring (bicyclic) bond motifs is 1. The first-order valence-electron chi connectivity index (χ1n) is 7.94. The molecule has 1 unspecified atom stereocenters. The molecule has 26 heavy (non-hydrogen) atoms. The number of amidine groups is 1. The van der Waals surface area contributed by atoms with Gasteiger partial charge in [-0.3, -0.25) is 4.79 Å². The van der Waals surface area contributed by atoms with Crippen LogP contribution in [0.5, 0.6) is 0 Å². The minimum atomic E-state index is -0.981. The second-order valence-electron chi connectivity index (χ2n) is 6.04. The van der Waals surface area contributed by atoms with Crippen molar-refractivity contribution in [2.45, 2.75) is 13.8 Å². The predicted octanol–water partition coefficient (Wildman–Crippen LogP) is 3.99. The summed E-state index contributed by atoms with van der Waals surface area (Å²) in [5.41, 5.74) is 1.94. The number of thioether (sulfide) groups is 1. The molecular weight excluding hydrogens is 352 g/mol. The Bertz CT molecular complexity index is 1030. The molecule has 1 atom stereocenters. The second-order valence-corrected chi connectivity index (χ2v) is 7.28. The van der Waals surface area contributed by atoms with Crippen molar-refractivity contribution in [1.82, 2.24) is 0 Å². The van der Waals surface area contributed by atoms with E-state index in [1.165, 1.54) is 23.9 Å². The molecule has 0 saturated heterocycles. The van der Waals surface area contributed by atoms with Gasteiger partial charge in [-0.2, -0.15) is 4.99 Å². The SMILES string of the molecule is CC1=C(C)C2C(=O)N=C(c3ccc(-c4ccc(C(=O)O)cc4)o3)N=C2S1. The Hall–Kier alpha value is -2.93. The maximum Gasteiger partial charge on any atom is 0.335 e. The zero-order valence-electron chi connectivity index (χ0n) is 14.0. The van der Waals surface area contributed by atoms with Crippen LogP contribution in [0.3, 0.4) is 0 Å². The molecule has 0 saturated carbocycles. The number of rotatable bonds is 3.